The molecule has 0 bridgehead atoms. The molecular formula is C20H17N3O3S. The van der Waals surface area contributed by atoms with E-state index in [-0.39, 0.29) is 11.7 Å². The molecule has 0 fully saturated rings. The largest absolute Gasteiger partial charge is 0.489 e. The summed E-state index contributed by atoms with van der Waals surface area (Å²) < 4.78 is 11.3. The van der Waals surface area contributed by atoms with Gasteiger partial charge in [0, 0.05) is 11.6 Å². The molecule has 4 rings (SSSR count). The molecule has 0 saturated carbocycles. The van der Waals surface area contributed by atoms with Crippen molar-refractivity contribution in [2.45, 2.75) is 5.22 Å². The van der Waals surface area contributed by atoms with Crippen LogP contribution in [0.1, 0.15) is 0 Å². The van der Waals surface area contributed by atoms with Crippen molar-refractivity contribution < 1.29 is 13.9 Å². The molecule has 0 aliphatic carbocycles. The monoisotopic (exact) mass is 379 g/mol. The fraction of sp³-hybridized carbons (Fsp3) is 0.150. The maximum Gasteiger partial charge on any atom is 0.257 e. The van der Waals surface area contributed by atoms with Gasteiger partial charge in [-0.1, -0.05) is 42.1 Å². The van der Waals surface area contributed by atoms with Gasteiger partial charge in [0.25, 0.3) is 5.22 Å². The SMILES string of the molecule is O=C(CSc1nc2ccccc2o1)NCCOc1cccc2cccnc12. The molecule has 0 spiro atoms. The van der Waals surface area contributed by atoms with Crippen LogP contribution >= 0.6 is 11.8 Å². The van der Waals surface area contributed by atoms with Crippen molar-refractivity contribution in [2.75, 3.05) is 18.9 Å². The lowest BCUT2D eigenvalue weighted by molar-refractivity contribution is -0.118. The minimum absolute atomic E-state index is 0.0955. The Balaban J connectivity index is 1.23. The highest BCUT2D eigenvalue weighted by atomic mass is 32.2. The minimum Gasteiger partial charge on any atom is -0.489 e. The van der Waals surface area contributed by atoms with Crippen LogP contribution in [0.4, 0.5) is 0 Å². The van der Waals surface area contributed by atoms with E-state index >= 15 is 0 Å². The average Bonchev–Trinajstić information content (AvgIpc) is 3.13. The van der Waals surface area contributed by atoms with E-state index in [1.807, 2.05) is 54.6 Å². The van der Waals surface area contributed by atoms with E-state index in [9.17, 15) is 4.79 Å². The van der Waals surface area contributed by atoms with Gasteiger partial charge in [0.2, 0.25) is 5.91 Å². The predicted octanol–water partition coefficient (Wildman–Crippen LogP) is 3.66. The Morgan fingerprint density at radius 2 is 2.00 bits per heavy atom. The number of nitrogens with zero attached hydrogens (tertiary/aromatic N) is 2. The average molecular weight is 379 g/mol. The molecule has 0 saturated heterocycles. The van der Waals surface area contributed by atoms with E-state index in [0.29, 0.717) is 24.1 Å². The van der Waals surface area contributed by atoms with Gasteiger partial charge >= 0.3 is 0 Å². The van der Waals surface area contributed by atoms with Gasteiger partial charge in [-0.25, -0.2) is 4.98 Å². The van der Waals surface area contributed by atoms with E-state index in [4.69, 9.17) is 9.15 Å². The molecule has 6 nitrogen and oxygen atoms in total. The van der Waals surface area contributed by atoms with Gasteiger partial charge in [-0.15, -0.1) is 0 Å². The lowest BCUT2D eigenvalue weighted by Gasteiger charge is -2.09. The van der Waals surface area contributed by atoms with Crippen LogP contribution in [-0.2, 0) is 4.79 Å². The lowest BCUT2D eigenvalue weighted by atomic mass is 10.2. The highest BCUT2D eigenvalue weighted by Gasteiger charge is 2.09. The molecule has 27 heavy (non-hydrogen) atoms. The number of para-hydroxylation sites is 3. The summed E-state index contributed by atoms with van der Waals surface area (Å²) in [4.78, 5) is 20.7. The Kier molecular flexibility index (Phi) is 5.20. The number of ether oxygens (including phenoxy) is 1. The Bertz CT molecular complexity index is 1040. The summed E-state index contributed by atoms with van der Waals surface area (Å²) in [5.74, 6) is 0.855. The number of hydrogen-bond donors (Lipinski definition) is 1. The molecule has 2 aromatic carbocycles. The van der Waals surface area contributed by atoms with Gasteiger partial charge in [0.15, 0.2) is 5.58 Å². The summed E-state index contributed by atoms with van der Waals surface area (Å²) in [6.07, 6.45) is 1.74. The molecule has 0 aliphatic heterocycles. The van der Waals surface area contributed by atoms with Crippen molar-refractivity contribution in [2.24, 2.45) is 0 Å². The van der Waals surface area contributed by atoms with Crippen molar-refractivity contribution in [3.05, 3.63) is 60.8 Å². The zero-order chi connectivity index (χ0) is 18.5. The molecule has 7 heteroatoms. The van der Waals surface area contributed by atoms with Crippen LogP contribution < -0.4 is 10.1 Å². The van der Waals surface area contributed by atoms with Crippen LogP contribution in [0.3, 0.4) is 0 Å². The Morgan fingerprint density at radius 1 is 1.11 bits per heavy atom. The fourth-order valence-corrected chi connectivity index (χ4v) is 3.30. The van der Waals surface area contributed by atoms with E-state index in [2.05, 4.69) is 15.3 Å². The number of oxazole rings is 1. The maximum absolute atomic E-state index is 12.0. The topological polar surface area (TPSA) is 77.2 Å². The normalized spacial score (nSPS) is 11.0. The third-order valence-electron chi connectivity index (χ3n) is 3.88. The summed E-state index contributed by atoms with van der Waals surface area (Å²) in [5, 5.41) is 4.34. The van der Waals surface area contributed by atoms with Crippen LogP contribution in [0.2, 0.25) is 0 Å². The number of fused-ring (bicyclic) bond motifs is 2. The first-order valence-electron chi connectivity index (χ1n) is 8.51. The van der Waals surface area contributed by atoms with Crippen LogP contribution in [0.5, 0.6) is 5.75 Å². The highest BCUT2D eigenvalue weighted by molar-refractivity contribution is 7.99. The number of carbonyl (C=O) groups is 1. The van der Waals surface area contributed by atoms with Crippen molar-refractivity contribution in [3.8, 4) is 5.75 Å². The number of thioether (sulfide) groups is 1. The highest BCUT2D eigenvalue weighted by Crippen LogP contribution is 2.23. The molecular weight excluding hydrogens is 362 g/mol. The first kappa shape index (κ1) is 17.4. The predicted molar refractivity (Wildman–Crippen MR) is 105 cm³/mol. The summed E-state index contributed by atoms with van der Waals surface area (Å²) >= 11 is 1.27. The second-order valence-electron chi connectivity index (χ2n) is 5.77. The molecule has 4 aromatic rings. The minimum atomic E-state index is -0.0955. The van der Waals surface area contributed by atoms with Crippen molar-refractivity contribution >= 4 is 39.7 Å². The van der Waals surface area contributed by atoms with Gasteiger partial charge in [-0.2, -0.15) is 0 Å². The fourth-order valence-electron chi connectivity index (χ4n) is 2.64. The Hall–Kier alpha value is -3.06. The first-order valence-corrected chi connectivity index (χ1v) is 9.50. The second kappa shape index (κ2) is 8.09. The van der Waals surface area contributed by atoms with Gasteiger partial charge in [0.05, 0.1) is 12.3 Å². The number of nitrogens with one attached hydrogen (secondary N) is 1. The van der Waals surface area contributed by atoms with Crippen molar-refractivity contribution in [3.63, 3.8) is 0 Å². The second-order valence-corrected chi connectivity index (χ2v) is 6.69. The lowest BCUT2D eigenvalue weighted by Crippen LogP contribution is -2.29. The molecule has 0 aliphatic rings. The van der Waals surface area contributed by atoms with Gasteiger partial charge < -0.3 is 14.5 Å². The molecule has 136 valence electrons. The maximum atomic E-state index is 12.0. The molecule has 2 heterocycles. The van der Waals surface area contributed by atoms with E-state index in [0.717, 1.165) is 22.0 Å². The van der Waals surface area contributed by atoms with Crippen LogP contribution in [0.15, 0.2) is 70.4 Å². The number of benzene rings is 2. The zero-order valence-corrected chi connectivity index (χ0v) is 15.2. The van der Waals surface area contributed by atoms with Crippen molar-refractivity contribution in [1.82, 2.24) is 15.3 Å². The number of carbonyl (C=O) groups excluding carboxylic acids is 1. The quantitative estimate of drug-likeness (QED) is 0.390. The number of pyridine rings is 1. The molecule has 1 N–H and O–H groups in total. The van der Waals surface area contributed by atoms with Crippen LogP contribution in [0.25, 0.3) is 22.0 Å². The van der Waals surface area contributed by atoms with Crippen LogP contribution in [-0.4, -0.2) is 34.8 Å². The summed E-state index contributed by atoms with van der Waals surface area (Å²) in [7, 11) is 0. The summed E-state index contributed by atoms with van der Waals surface area (Å²) in [6, 6.07) is 17.2. The van der Waals surface area contributed by atoms with E-state index in [1.54, 1.807) is 6.20 Å². The first-order chi connectivity index (χ1) is 13.3. The third-order valence-corrected chi connectivity index (χ3v) is 4.71. The van der Waals surface area contributed by atoms with Crippen molar-refractivity contribution in [1.29, 1.82) is 0 Å². The molecule has 0 atom stereocenters. The van der Waals surface area contributed by atoms with Gasteiger partial charge in [-0.3, -0.25) is 9.78 Å². The van der Waals surface area contributed by atoms with Gasteiger partial charge in [0.1, 0.15) is 23.4 Å². The number of aromatic nitrogens is 2. The van der Waals surface area contributed by atoms with Crippen LogP contribution in [0, 0.1) is 0 Å². The standard InChI is InChI=1S/C20H17N3O3S/c24-18(13-27-20-23-15-7-1-2-8-16(15)26-20)21-11-12-25-17-9-3-5-14-6-4-10-22-19(14)17/h1-10H,11-13H2,(H,21,24). The summed E-state index contributed by atoms with van der Waals surface area (Å²) in [5.41, 5.74) is 2.33. The number of hydrogen-bond acceptors (Lipinski definition) is 6. The number of rotatable bonds is 7. The molecule has 0 radical (unpaired) electrons. The molecule has 1 amide bonds. The zero-order valence-electron chi connectivity index (χ0n) is 14.4. The third kappa shape index (κ3) is 4.20. The number of amides is 1. The Labute approximate surface area is 159 Å². The smallest absolute Gasteiger partial charge is 0.257 e. The van der Waals surface area contributed by atoms with E-state index in [1.165, 1.54) is 11.8 Å². The molecule has 0 unspecified atom stereocenters. The molecule has 2 aromatic heterocycles. The Morgan fingerprint density at radius 3 is 2.93 bits per heavy atom. The van der Waals surface area contributed by atoms with E-state index < -0.39 is 0 Å². The van der Waals surface area contributed by atoms with Gasteiger partial charge in [-0.05, 0) is 24.3 Å². The summed E-state index contributed by atoms with van der Waals surface area (Å²) in [6.45, 7) is 0.783.